The molecular weight excluding hydrogens is 800 g/mol. The zero-order chi connectivity index (χ0) is 46.2. The number of ether oxygens (including phenoxy) is 9. The van der Waals surface area contributed by atoms with Crippen LogP contribution in [-0.4, -0.2) is 176 Å². The van der Waals surface area contributed by atoms with E-state index in [2.05, 4.69) is 5.16 Å². The van der Waals surface area contributed by atoms with Crippen molar-refractivity contribution in [1.29, 1.82) is 0 Å². The second kappa shape index (κ2) is 22.7. The number of oxime groups is 1. The Hall–Kier alpha value is -2.07. The largest absolute Gasteiger partial charge is 0.459 e. The number of aliphatic hydroxyl groups excluding tert-OH is 2. The Morgan fingerprint density at radius 1 is 0.918 bits per heavy atom. The fraction of sp³-hybridized carbons (Fsp3) is 0.930. The minimum Gasteiger partial charge on any atom is -0.459 e. The van der Waals surface area contributed by atoms with Crippen LogP contribution in [0.5, 0.6) is 0 Å². The van der Waals surface area contributed by atoms with Gasteiger partial charge in [0, 0.05) is 45.3 Å². The van der Waals surface area contributed by atoms with Gasteiger partial charge in [-0.05, 0) is 74.9 Å². The van der Waals surface area contributed by atoms with E-state index in [0.29, 0.717) is 13.0 Å². The van der Waals surface area contributed by atoms with Crippen LogP contribution in [0.1, 0.15) is 102 Å². The Morgan fingerprint density at radius 2 is 1.57 bits per heavy atom. The number of cyclic esters (lactones) is 1. The monoisotopic (exact) mass is 879 g/mol. The molecule has 3 saturated heterocycles. The van der Waals surface area contributed by atoms with Crippen molar-refractivity contribution in [2.45, 2.75) is 186 Å². The van der Waals surface area contributed by atoms with Crippen molar-refractivity contribution >= 4 is 17.7 Å². The van der Waals surface area contributed by atoms with E-state index >= 15 is 0 Å². The third-order valence-corrected chi connectivity index (χ3v) is 12.9. The molecule has 0 aromatic carbocycles. The number of rotatable bonds is 14. The van der Waals surface area contributed by atoms with E-state index in [9.17, 15) is 30.0 Å². The van der Waals surface area contributed by atoms with Crippen molar-refractivity contribution in [3.05, 3.63) is 0 Å². The minimum absolute atomic E-state index is 0.0563. The molecule has 3 fully saturated rings. The molecule has 0 amide bonds. The summed E-state index contributed by atoms with van der Waals surface area (Å²) in [5.74, 6) is -4.82. The van der Waals surface area contributed by atoms with Gasteiger partial charge in [0.25, 0.3) is 0 Å². The summed E-state index contributed by atoms with van der Waals surface area (Å²) in [6, 6.07) is -0.324. The van der Waals surface area contributed by atoms with Crippen molar-refractivity contribution in [1.82, 2.24) is 4.90 Å². The zero-order valence-electron chi connectivity index (χ0n) is 39.2. The summed E-state index contributed by atoms with van der Waals surface area (Å²) < 4.78 is 54.5. The van der Waals surface area contributed by atoms with Crippen molar-refractivity contribution in [3.63, 3.8) is 0 Å². The summed E-state index contributed by atoms with van der Waals surface area (Å²) in [5.41, 5.74) is -4.59. The Morgan fingerprint density at radius 3 is 2.15 bits per heavy atom. The Bertz CT molecular complexity index is 1420. The molecule has 0 saturated carbocycles. The Balaban J connectivity index is 2.28. The normalized spacial score (nSPS) is 44.0. The maximum absolute atomic E-state index is 14.4. The van der Waals surface area contributed by atoms with Gasteiger partial charge < -0.3 is 72.8 Å². The van der Waals surface area contributed by atoms with Gasteiger partial charge >= 0.3 is 11.9 Å². The molecule has 0 radical (unpaired) electrons. The number of hydrogen-bond acceptors (Lipinski definition) is 18. The van der Waals surface area contributed by atoms with E-state index in [1.807, 2.05) is 25.9 Å². The maximum atomic E-state index is 14.4. The van der Waals surface area contributed by atoms with Crippen LogP contribution < -0.4 is 0 Å². The molecule has 3 heterocycles. The van der Waals surface area contributed by atoms with Crippen molar-refractivity contribution in [2.75, 3.05) is 48.3 Å². The quantitative estimate of drug-likeness (QED) is 0.0853. The number of hydrogen-bond donors (Lipinski definition) is 4. The van der Waals surface area contributed by atoms with E-state index < -0.39 is 108 Å². The maximum Gasteiger partial charge on any atom is 0.311 e. The minimum atomic E-state index is -1.98. The molecule has 3 rings (SSSR count). The average molecular weight is 879 g/mol. The highest BCUT2D eigenvalue weighted by Gasteiger charge is 2.54. The molecule has 0 spiro atoms. The molecule has 0 unspecified atom stereocenters. The number of aliphatic hydroxyl groups is 4. The number of esters is 2. The van der Waals surface area contributed by atoms with E-state index in [0.717, 1.165) is 0 Å². The summed E-state index contributed by atoms with van der Waals surface area (Å²) in [6.07, 6.45) is -9.58. The SMILES string of the molecule is CC[C@H]1OC(=O)[C@H](C)[C@@H](O[C@H]2C[C@@](C)(OC)[C@@H](O)[C@H](C)O2)[C@H](C)[C@@H](O[C@@H]2O[C@H](C)C[C@H](N(C)C)[C@H]2OC(C)=O)[C@](C)(O)C[C@@H](C)/C(=N\OCOCCOC)[C@H](C)[C@@H](O)[C@]1(C)O. The second-order valence-corrected chi connectivity index (χ2v) is 18.3. The highest BCUT2D eigenvalue weighted by Crippen LogP contribution is 2.41. The summed E-state index contributed by atoms with van der Waals surface area (Å²) in [7, 11) is 6.76. The van der Waals surface area contributed by atoms with Crippen LogP contribution in [0, 0.1) is 23.7 Å². The molecule has 4 N–H and O–H groups in total. The number of methoxy groups -OCH3 is 2. The molecule has 18 nitrogen and oxygen atoms in total. The predicted molar refractivity (Wildman–Crippen MR) is 222 cm³/mol. The molecule has 0 aromatic rings. The van der Waals surface area contributed by atoms with Gasteiger partial charge in [-0.2, -0.15) is 0 Å². The van der Waals surface area contributed by atoms with E-state index in [1.165, 1.54) is 21.0 Å². The molecular formula is C43H78N2O16. The van der Waals surface area contributed by atoms with Crippen LogP contribution >= 0.6 is 0 Å². The molecule has 3 aliphatic rings. The number of likely N-dealkylation sites (N-methyl/N-ethyl adjacent to an activating group) is 1. The highest BCUT2D eigenvalue weighted by molar-refractivity contribution is 5.88. The van der Waals surface area contributed by atoms with Crippen LogP contribution in [0.2, 0.25) is 0 Å². The summed E-state index contributed by atoms with van der Waals surface area (Å²) >= 11 is 0. The number of carbonyl (C=O) groups excluding carboxylic acids is 2. The van der Waals surface area contributed by atoms with E-state index in [-0.39, 0.29) is 50.5 Å². The summed E-state index contributed by atoms with van der Waals surface area (Å²) in [4.78, 5) is 34.5. The molecule has 356 valence electrons. The van der Waals surface area contributed by atoms with Gasteiger partial charge in [0.2, 0.25) is 6.79 Å². The van der Waals surface area contributed by atoms with Gasteiger partial charge in [-0.25, -0.2) is 0 Å². The first-order chi connectivity index (χ1) is 28.4. The highest BCUT2D eigenvalue weighted by atomic mass is 16.7. The Kier molecular flexibility index (Phi) is 19.8. The topological polar surface area (TPSA) is 223 Å². The molecule has 0 aliphatic carbocycles. The standard InChI is InChI=1S/C43H78N2O16/c1-16-31-43(11,51)36(47)25(4)33(44-55-22-54-18-17-52-14)23(2)20-41(9,50)38(61-40-35(58-29(8)46)30(45(12)13)19-24(3)56-40)26(5)34(27(6)39(49)59-31)60-32-21-42(10,53-15)37(48)28(7)57-32/h23-28,30-32,34-38,40,47-48,50-51H,16-22H2,1-15H3/b44-33+/t23-,24-,25+,26+,27-,28+,30+,31-,32+,34+,35-,36-,37+,38-,40+,41-,42-,43-/m1/s1. The molecule has 18 heteroatoms. The molecule has 18 atom stereocenters. The summed E-state index contributed by atoms with van der Waals surface area (Å²) in [5, 5.41) is 52.2. The lowest BCUT2D eigenvalue weighted by molar-refractivity contribution is -0.318. The first-order valence-electron chi connectivity index (χ1n) is 21.6. The van der Waals surface area contributed by atoms with Crippen LogP contribution in [0.4, 0.5) is 0 Å². The van der Waals surface area contributed by atoms with Crippen molar-refractivity contribution < 1.29 is 77.5 Å². The third-order valence-electron chi connectivity index (χ3n) is 12.9. The second-order valence-electron chi connectivity index (χ2n) is 18.3. The predicted octanol–water partition coefficient (Wildman–Crippen LogP) is 2.78. The third kappa shape index (κ3) is 13.3. The molecule has 61 heavy (non-hydrogen) atoms. The van der Waals surface area contributed by atoms with Crippen LogP contribution in [-0.2, 0) is 57.1 Å². The number of carbonyl (C=O) groups is 2. The fourth-order valence-electron chi connectivity index (χ4n) is 9.24. The van der Waals surface area contributed by atoms with Gasteiger partial charge in [0.1, 0.15) is 17.8 Å². The van der Waals surface area contributed by atoms with Crippen LogP contribution in [0.25, 0.3) is 0 Å². The zero-order valence-corrected chi connectivity index (χ0v) is 39.2. The van der Waals surface area contributed by atoms with Gasteiger partial charge in [0.15, 0.2) is 18.7 Å². The summed E-state index contributed by atoms with van der Waals surface area (Å²) in [6.45, 7) is 18.5. The van der Waals surface area contributed by atoms with E-state index in [4.69, 9.17) is 47.5 Å². The first kappa shape index (κ1) is 53.3. The Labute approximate surface area is 362 Å². The van der Waals surface area contributed by atoms with Gasteiger partial charge in [0.05, 0.1) is 72.6 Å². The molecule has 0 aromatic heterocycles. The smallest absolute Gasteiger partial charge is 0.311 e. The number of nitrogens with zero attached hydrogens (tertiary/aromatic N) is 2. The average Bonchev–Trinajstić information content (AvgIpc) is 3.18. The fourth-order valence-corrected chi connectivity index (χ4v) is 9.24. The van der Waals surface area contributed by atoms with Crippen molar-refractivity contribution in [2.24, 2.45) is 28.8 Å². The van der Waals surface area contributed by atoms with Gasteiger partial charge in [-0.15, -0.1) is 0 Å². The molecule has 3 aliphatic heterocycles. The van der Waals surface area contributed by atoms with E-state index in [1.54, 1.807) is 62.5 Å². The lowest BCUT2D eigenvalue weighted by Crippen LogP contribution is -2.61. The lowest BCUT2D eigenvalue weighted by Gasteiger charge is -2.49. The van der Waals surface area contributed by atoms with Gasteiger partial charge in [-0.1, -0.05) is 32.9 Å². The lowest BCUT2D eigenvalue weighted by atomic mass is 9.73. The van der Waals surface area contributed by atoms with Crippen molar-refractivity contribution in [3.8, 4) is 0 Å². The van der Waals surface area contributed by atoms with Gasteiger partial charge in [-0.3, -0.25) is 9.59 Å². The first-order valence-corrected chi connectivity index (χ1v) is 21.6. The van der Waals surface area contributed by atoms with Crippen LogP contribution in [0.3, 0.4) is 0 Å². The molecule has 0 bridgehead atoms. The van der Waals surface area contributed by atoms with Crippen LogP contribution in [0.15, 0.2) is 5.16 Å².